The molecule has 0 spiro atoms. The molecular weight excluding hydrogens is 488 g/mol. The Kier molecular flexibility index (Phi) is 11.7. The molecule has 2 aliphatic heterocycles. The van der Waals surface area contributed by atoms with E-state index in [-0.39, 0.29) is 17.6 Å². The van der Waals surface area contributed by atoms with Gasteiger partial charge in [0, 0.05) is 26.2 Å². The molecule has 2 aromatic carbocycles. The quantitative estimate of drug-likeness (QED) is 0.216. The molecule has 4 rings (SSSR count). The third kappa shape index (κ3) is 8.49. The molecule has 0 radical (unpaired) electrons. The number of nitrogens with zero attached hydrogens (tertiary/aromatic N) is 2. The fourth-order valence-corrected chi connectivity index (χ4v) is 5.38. The average molecular weight is 531 g/mol. The van der Waals surface area contributed by atoms with Gasteiger partial charge < -0.3 is 14.5 Å². The summed E-state index contributed by atoms with van der Waals surface area (Å²) < 4.78 is 5.63. The number of piperidine rings is 2. The lowest BCUT2D eigenvalue weighted by molar-refractivity contribution is -0.151. The predicted molar refractivity (Wildman–Crippen MR) is 155 cm³/mol. The van der Waals surface area contributed by atoms with Gasteiger partial charge in [-0.2, -0.15) is 0 Å². The minimum absolute atomic E-state index is 0.00670. The molecule has 2 unspecified atom stereocenters. The van der Waals surface area contributed by atoms with Gasteiger partial charge >= 0.3 is 0 Å². The number of likely N-dealkylation sites (tertiary alicyclic amines) is 2. The van der Waals surface area contributed by atoms with Crippen LogP contribution in [0, 0.1) is 11.3 Å². The number of carbonyl (C=O) groups excluding carboxylic acids is 3. The van der Waals surface area contributed by atoms with Gasteiger partial charge in [-0.15, -0.1) is 13.2 Å². The highest BCUT2D eigenvalue weighted by molar-refractivity contribution is 6.00. The molecule has 2 amide bonds. The monoisotopic (exact) mass is 530 g/mol. The second kappa shape index (κ2) is 15.2. The summed E-state index contributed by atoms with van der Waals surface area (Å²) >= 11 is 0. The number of ketones is 1. The first-order chi connectivity index (χ1) is 18.9. The van der Waals surface area contributed by atoms with Crippen LogP contribution in [0.25, 0.3) is 0 Å². The zero-order valence-corrected chi connectivity index (χ0v) is 23.2. The van der Waals surface area contributed by atoms with Crippen molar-refractivity contribution in [1.29, 1.82) is 0 Å². The Morgan fingerprint density at radius 3 is 2.08 bits per heavy atom. The molecule has 0 saturated carbocycles. The third-order valence-corrected chi connectivity index (χ3v) is 7.43. The summed E-state index contributed by atoms with van der Waals surface area (Å²) in [5, 5.41) is 0. The van der Waals surface area contributed by atoms with Crippen LogP contribution in [0.15, 0.2) is 86.0 Å². The van der Waals surface area contributed by atoms with Crippen molar-refractivity contribution in [2.45, 2.75) is 52.1 Å². The van der Waals surface area contributed by atoms with Crippen molar-refractivity contribution < 1.29 is 19.1 Å². The van der Waals surface area contributed by atoms with E-state index < -0.39 is 11.3 Å². The number of hydrogen-bond acceptors (Lipinski definition) is 4. The first-order valence-corrected chi connectivity index (χ1v) is 13.9. The maximum atomic E-state index is 13.0. The number of benzene rings is 2. The topological polar surface area (TPSA) is 66.9 Å². The summed E-state index contributed by atoms with van der Waals surface area (Å²) in [5.74, 6) is -0.237. The van der Waals surface area contributed by atoms with Crippen molar-refractivity contribution in [3.63, 3.8) is 0 Å². The first kappa shape index (κ1) is 30.0. The molecule has 0 bridgehead atoms. The van der Waals surface area contributed by atoms with Crippen LogP contribution in [0.3, 0.4) is 0 Å². The van der Waals surface area contributed by atoms with Crippen LogP contribution in [0.4, 0.5) is 0 Å². The van der Waals surface area contributed by atoms with Crippen LogP contribution in [0.2, 0.25) is 0 Å². The Morgan fingerprint density at radius 1 is 0.923 bits per heavy atom. The fraction of sp³-hybridized carbons (Fsp3) is 0.424. The summed E-state index contributed by atoms with van der Waals surface area (Å²) in [4.78, 5) is 40.2. The fourth-order valence-electron chi connectivity index (χ4n) is 5.38. The van der Waals surface area contributed by atoms with E-state index in [9.17, 15) is 14.4 Å². The smallest absolute Gasteiger partial charge is 0.233 e. The van der Waals surface area contributed by atoms with E-state index in [2.05, 4.69) is 25.3 Å². The maximum Gasteiger partial charge on any atom is 0.233 e. The van der Waals surface area contributed by atoms with Gasteiger partial charge in [-0.25, -0.2) is 0 Å². The number of ether oxygens (including phenoxy) is 1. The van der Waals surface area contributed by atoms with Gasteiger partial charge in [-0.05, 0) is 50.2 Å². The van der Waals surface area contributed by atoms with Crippen LogP contribution in [0.1, 0.15) is 50.2 Å². The van der Waals surface area contributed by atoms with E-state index in [0.717, 1.165) is 43.5 Å². The van der Waals surface area contributed by atoms with E-state index in [4.69, 9.17) is 4.74 Å². The molecule has 6 heteroatoms. The molecule has 2 saturated heterocycles. The van der Waals surface area contributed by atoms with Crippen molar-refractivity contribution in [3.8, 4) is 0 Å². The summed E-state index contributed by atoms with van der Waals surface area (Å²) in [6, 6.07) is 20.0. The van der Waals surface area contributed by atoms with Crippen LogP contribution < -0.4 is 0 Å². The maximum absolute atomic E-state index is 13.0. The van der Waals surface area contributed by atoms with E-state index in [1.54, 1.807) is 11.0 Å². The summed E-state index contributed by atoms with van der Waals surface area (Å²) in [7, 11) is 0. The Balaban J connectivity index is 0.000000223. The van der Waals surface area contributed by atoms with Crippen LogP contribution in [0.5, 0.6) is 0 Å². The summed E-state index contributed by atoms with van der Waals surface area (Å²) in [6.07, 6.45) is 7.71. The highest BCUT2D eigenvalue weighted by Crippen LogP contribution is 2.36. The summed E-state index contributed by atoms with van der Waals surface area (Å²) in [5.41, 5.74) is 1.82. The number of carbonyl (C=O) groups is 3. The van der Waals surface area contributed by atoms with Crippen LogP contribution >= 0.6 is 0 Å². The van der Waals surface area contributed by atoms with E-state index in [0.29, 0.717) is 39.1 Å². The van der Waals surface area contributed by atoms with Gasteiger partial charge in [0.05, 0.1) is 24.5 Å². The van der Waals surface area contributed by atoms with Crippen molar-refractivity contribution in [2.24, 2.45) is 11.3 Å². The number of amides is 2. The average Bonchev–Trinajstić information content (AvgIpc) is 2.94. The summed E-state index contributed by atoms with van der Waals surface area (Å²) in [6.45, 7) is 12.8. The van der Waals surface area contributed by atoms with Crippen molar-refractivity contribution >= 4 is 17.6 Å². The zero-order valence-electron chi connectivity index (χ0n) is 23.2. The largest absolute Gasteiger partial charge is 0.376 e. The Hall–Kier alpha value is -3.51. The van der Waals surface area contributed by atoms with Gasteiger partial charge in [0.15, 0.2) is 0 Å². The lowest BCUT2D eigenvalue weighted by atomic mass is 9.76. The lowest BCUT2D eigenvalue weighted by Crippen LogP contribution is -2.50. The highest BCUT2D eigenvalue weighted by atomic mass is 16.5. The second-order valence-electron chi connectivity index (χ2n) is 10.4. The number of hydrogen-bond donors (Lipinski definition) is 0. The standard InChI is InChI=1S/C19H25NO2.C14H17NO2/c1-3-11-19(16-22-14-4-2)12-8-13-20(18(19)21)15-17-9-6-5-7-10-17;1-11(16)13-8-5-9-15(14(13)17)10-12-6-3-2-4-7-12/h3-7,9-10H,1-2,8,11-16H2;2-4,6-7,13H,5,8-10H2,1H3. The second-order valence-corrected chi connectivity index (χ2v) is 10.4. The van der Waals surface area contributed by atoms with Gasteiger partial charge in [-0.3, -0.25) is 14.4 Å². The Labute approximate surface area is 233 Å². The SMILES string of the molecule is C=CCOCC1(CC=C)CCCN(Cc2ccccc2)C1=O.CC(=O)C1CCCN(Cc2ccccc2)C1=O. The molecule has 2 heterocycles. The first-order valence-electron chi connectivity index (χ1n) is 13.9. The molecule has 39 heavy (non-hydrogen) atoms. The van der Waals surface area contributed by atoms with E-state index in [1.165, 1.54) is 6.92 Å². The lowest BCUT2D eigenvalue weighted by Gasteiger charge is -2.41. The molecule has 2 atom stereocenters. The van der Waals surface area contributed by atoms with Crippen molar-refractivity contribution in [3.05, 3.63) is 97.1 Å². The van der Waals surface area contributed by atoms with E-state index in [1.807, 2.05) is 59.5 Å². The zero-order chi connectivity index (χ0) is 28.1. The predicted octanol–water partition coefficient (Wildman–Crippen LogP) is 5.59. The number of allylic oxidation sites excluding steroid dienone is 1. The third-order valence-electron chi connectivity index (χ3n) is 7.43. The van der Waals surface area contributed by atoms with Gasteiger partial charge in [-0.1, -0.05) is 72.8 Å². The van der Waals surface area contributed by atoms with Gasteiger partial charge in [0.2, 0.25) is 11.8 Å². The van der Waals surface area contributed by atoms with E-state index >= 15 is 0 Å². The van der Waals surface area contributed by atoms with Gasteiger partial charge in [0.25, 0.3) is 0 Å². The Bertz CT molecular complexity index is 1100. The molecular formula is C33H42N2O4. The molecule has 2 aliphatic rings. The molecule has 208 valence electrons. The van der Waals surface area contributed by atoms with Crippen molar-refractivity contribution in [1.82, 2.24) is 9.80 Å². The van der Waals surface area contributed by atoms with Crippen molar-refractivity contribution in [2.75, 3.05) is 26.3 Å². The normalized spacial score (nSPS) is 21.1. The molecule has 2 fully saturated rings. The minimum Gasteiger partial charge on any atom is -0.376 e. The number of Topliss-reactive ketones (excluding diaryl/α,β-unsaturated/α-hetero) is 1. The number of rotatable bonds is 11. The van der Waals surface area contributed by atoms with Gasteiger partial charge in [0.1, 0.15) is 5.78 Å². The highest BCUT2D eigenvalue weighted by Gasteiger charge is 2.43. The van der Waals surface area contributed by atoms with Crippen LogP contribution in [-0.2, 0) is 32.2 Å². The molecule has 0 N–H and O–H groups in total. The van der Waals surface area contributed by atoms with Crippen LogP contribution in [-0.4, -0.2) is 53.7 Å². The molecule has 0 aromatic heterocycles. The molecule has 0 aliphatic carbocycles. The molecule has 2 aromatic rings. The molecule has 6 nitrogen and oxygen atoms in total. The minimum atomic E-state index is -0.461. The Morgan fingerprint density at radius 2 is 1.51 bits per heavy atom.